The van der Waals surface area contributed by atoms with Gasteiger partial charge in [-0.2, -0.15) is 4.31 Å². The standard InChI is InChI=1S/C17H19ClN2O4S/c1-3-20(12-17(21)19-13-7-5-4-6-8-13)25(22,23)14-9-10-16(24-2)15(18)11-14/h4-11H,3,12H2,1-2H3,(H,19,21). The molecule has 134 valence electrons. The molecular formula is C17H19ClN2O4S. The van der Waals surface area contributed by atoms with Gasteiger partial charge < -0.3 is 10.1 Å². The van der Waals surface area contributed by atoms with Crippen LogP contribution in [0.25, 0.3) is 0 Å². The summed E-state index contributed by atoms with van der Waals surface area (Å²) in [6.07, 6.45) is 0. The average molecular weight is 383 g/mol. The average Bonchev–Trinajstić information content (AvgIpc) is 2.60. The minimum atomic E-state index is -3.85. The summed E-state index contributed by atoms with van der Waals surface area (Å²) in [5.41, 5.74) is 0.605. The molecule has 2 rings (SSSR count). The number of likely N-dealkylation sites (N-methyl/N-ethyl adjacent to an activating group) is 1. The van der Waals surface area contributed by atoms with Gasteiger partial charge in [-0.3, -0.25) is 4.79 Å². The minimum absolute atomic E-state index is 0.00709. The first-order chi connectivity index (χ1) is 11.9. The fourth-order valence-electron chi connectivity index (χ4n) is 2.21. The number of ether oxygens (including phenoxy) is 1. The molecule has 1 N–H and O–H groups in total. The highest BCUT2D eigenvalue weighted by Crippen LogP contribution is 2.28. The largest absolute Gasteiger partial charge is 0.495 e. The van der Waals surface area contributed by atoms with E-state index in [0.717, 1.165) is 4.31 Å². The van der Waals surface area contributed by atoms with Crippen LogP contribution in [0.3, 0.4) is 0 Å². The molecule has 25 heavy (non-hydrogen) atoms. The lowest BCUT2D eigenvalue weighted by atomic mass is 10.3. The first kappa shape index (κ1) is 19.2. The van der Waals surface area contributed by atoms with E-state index >= 15 is 0 Å². The lowest BCUT2D eigenvalue weighted by molar-refractivity contribution is -0.116. The van der Waals surface area contributed by atoms with Gasteiger partial charge >= 0.3 is 0 Å². The Morgan fingerprint density at radius 1 is 1.20 bits per heavy atom. The third kappa shape index (κ3) is 4.72. The van der Waals surface area contributed by atoms with Gasteiger partial charge in [0.1, 0.15) is 5.75 Å². The second-order valence-corrected chi connectivity index (χ2v) is 7.49. The number of sulfonamides is 1. The number of methoxy groups -OCH3 is 1. The van der Waals surface area contributed by atoms with E-state index in [2.05, 4.69) is 5.32 Å². The van der Waals surface area contributed by atoms with Crippen LogP contribution in [-0.4, -0.2) is 38.8 Å². The maximum Gasteiger partial charge on any atom is 0.243 e. The molecule has 2 aromatic carbocycles. The van der Waals surface area contributed by atoms with Gasteiger partial charge in [-0.15, -0.1) is 0 Å². The molecular weight excluding hydrogens is 364 g/mol. The summed E-state index contributed by atoms with van der Waals surface area (Å²) in [4.78, 5) is 12.2. The van der Waals surface area contributed by atoms with Crippen molar-refractivity contribution in [2.45, 2.75) is 11.8 Å². The number of halogens is 1. The highest BCUT2D eigenvalue weighted by atomic mass is 35.5. The second-order valence-electron chi connectivity index (χ2n) is 5.14. The van der Waals surface area contributed by atoms with Crippen molar-refractivity contribution in [3.63, 3.8) is 0 Å². The van der Waals surface area contributed by atoms with Gasteiger partial charge in [0.2, 0.25) is 15.9 Å². The molecule has 0 unspecified atom stereocenters. The summed E-state index contributed by atoms with van der Waals surface area (Å²) in [7, 11) is -2.41. The number of nitrogens with zero attached hydrogens (tertiary/aromatic N) is 1. The number of carbonyl (C=O) groups excluding carboxylic acids is 1. The van der Waals surface area contributed by atoms with Gasteiger partial charge in [0.25, 0.3) is 0 Å². The fraction of sp³-hybridized carbons (Fsp3) is 0.235. The molecule has 0 fully saturated rings. The highest BCUT2D eigenvalue weighted by Gasteiger charge is 2.26. The summed E-state index contributed by atoms with van der Waals surface area (Å²) < 4.78 is 31.6. The number of para-hydroxylation sites is 1. The number of anilines is 1. The van der Waals surface area contributed by atoms with E-state index in [1.54, 1.807) is 31.2 Å². The molecule has 8 heteroatoms. The van der Waals surface area contributed by atoms with Crippen molar-refractivity contribution in [2.75, 3.05) is 25.5 Å². The zero-order valence-corrected chi connectivity index (χ0v) is 15.5. The van der Waals surface area contributed by atoms with Gasteiger partial charge in [0.05, 0.1) is 23.6 Å². The summed E-state index contributed by atoms with van der Waals surface area (Å²) in [5, 5.41) is 2.86. The molecule has 0 aliphatic carbocycles. The lowest BCUT2D eigenvalue weighted by Gasteiger charge is -2.20. The van der Waals surface area contributed by atoms with Crippen LogP contribution in [0.15, 0.2) is 53.4 Å². The first-order valence-corrected chi connectivity index (χ1v) is 9.39. The van der Waals surface area contributed by atoms with Crippen LogP contribution in [-0.2, 0) is 14.8 Å². The van der Waals surface area contributed by atoms with Crippen LogP contribution >= 0.6 is 11.6 Å². The number of nitrogens with one attached hydrogen (secondary N) is 1. The highest BCUT2D eigenvalue weighted by molar-refractivity contribution is 7.89. The summed E-state index contributed by atoms with van der Waals surface area (Å²) >= 11 is 6.01. The van der Waals surface area contributed by atoms with Crippen molar-refractivity contribution >= 4 is 33.2 Å². The Labute approximate surface area is 152 Å². The SMILES string of the molecule is CCN(CC(=O)Nc1ccccc1)S(=O)(=O)c1ccc(OC)c(Cl)c1. The molecule has 2 aromatic rings. The second kappa shape index (κ2) is 8.33. The Morgan fingerprint density at radius 2 is 1.88 bits per heavy atom. The molecule has 0 aliphatic rings. The van der Waals surface area contributed by atoms with E-state index in [-0.39, 0.29) is 23.0 Å². The number of benzene rings is 2. The van der Waals surface area contributed by atoms with Crippen molar-refractivity contribution in [2.24, 2.45) is 0 Å². The predicted molar refractivity (Wildman–Crippen MR) is 97.5 cm³/mol. The number of carbonyl (C=O) groups is 1. The number of hydrogen-bond acceptors (Lipinski definition) is 4. The van der Waals surface area contributed by atoms with Crippen LogP contribution in [0.4, 0.5) is 5.69 Å². The Kier molecular flexibility index (Phi) is 6.41. The first-order valence-electron chi connectivity index (χ1n) is 7.57. The van der Waals surface area contributed by atoms with Crippen molar-refractivity contribution < 1.29 is 17.9 Å². The van der Waals surface area contributed by atoms with Crippen molar-refractivity contribution in [3.8, 4) is 5.75 Å². The lowest BCUT2D eigenvalue weighted by Crippen LogP contribution is -2.37. The van der Waals surface area contributed by atoms with Crippen LogP contribution in [0.2, 0.25) is 5.02 Å². The Balaban J connectivity index is 2.17. The summed E-state index contributed by atoms with van der Waals surface area (Å²) in [5.74, 6) is -0.0401. The van der Waals surface area contributed by atoms with Gasteiger partial charge in [0.15, 0.2) is 0 Å². The molecule has 0 heterocycles. The maximum absolute atomic E-state index is 12.7. The molecule has 6 nitrogen and oxygen atoms in total. The van der Waals surface area contributed by atoms with E-state index in [0.29, 0.717) is 11.4 Å². The van der Waals surface area contributed by atoms with Crippen molar-refractivity contribution in [1.29, 1.82) is 0 Å². The molecule has 0 saturated heterocycles. The minimum Gasteiger partial charge on any atom is -0.495 e. The normalized spacial score (nSPS) is 11.4. The van der Waals surface area contributed by atoms with Crippen molar-refractivity contribution in [3.05, 3.63) is 53.6 Å². The molecule has 0 saturated carbocycles. The Hall–Kier alpha value is -2.09. The zero-order chi connectivity index (χ0) is 18.4. The van der Waals surface area contributed by atoms with Gasteiger partial charge in [-0.25, -0.2) is 8.42 Å². The van der Waals surface area contributed by atoms with Crippen LogP contribution < -0.4 is 10.1 Å². The fourth-order valence-corrected chi connectivity index (χ4v) is 3.96. The summed E-state index contributed by atoms with van der Waals surface area (Å²) in [6, 6.07) is 13.0. The van der Waals surface area contributed by atoms with Crippen LogP contribution in [0.1, 0.15) is 6.92 Å². The molecule has 0 spiro atoms. The number of hydrogen-bond donors (Lipinski definition) is 1. The molecule has 0 bridgehead atoms. The topological polar surface area (TPSA) is 75.7 Å². The molecule has 0 aliphatic heterocycles. The van der Waals surface area contributed by atoms with Crippen LogP contribution in [0, 0.1) is 0 Å². The van der Waals surface area contributed by atoms with Gasteiger partial charge in [-0.1, -0.05) is 36.7 Å². The van der Waals surface area contributed by atoms with Crippen LogP contribution in [0.5, 0.6) is 5.75 Å². The molecule has 0 aromatic heterocycles. The van der Waals surface area contributed by atoms with E-state index in [1.165, 1.54) is 25.3 Å². The Morgan fingerprint density at radius 3 is 2.44 bits per heavy atom. The van der Waals surface area contributed by atoms with E-state index in [1.807, 2.05) is 6.07 Å². The monoisotopic (exact) mass is 382 g/mol. The predicted octanol–water partition coefficient (Wildman–Crippen LogP) is 3.00. The van der Waals surface area contributed by atoms with Gasteiger partial charge in [-0.05, 0) is 30.3 Å². The van der Waals surface area contributed by atoms with E-state index in [9.17, 15) is 13.2 Å². The molecule has 0 radical (unpaired) electrons. The Bertz CT molecular complexity index is 841. The molecule has 0 atom stereocenters. The third-order valence-corrected chi connectivity index (χ3v) is 5.70. The number of amides is 1. The number of rotatable bonds is 7. The third-order valence-electron chi connectivity index (χ3n) is 3.49. The maximum atomic E-state index is 12.7. The van der Waals surface area contributed by atoms with E-state index in [4.69, 9.17) is 16.3 Å². The van der Waals surface area contributed by atoms with Gasteiger partial charge in [0, 0.05) is 12.2 Å². The zero-order valence-electron chi connectivity index (χ0n) is 13.9. The molecule has 1 amide bonds. The smallest absolute Gasteiger partial charge is 0.243 e. The summed E-state index contributed by atoms with van der Waals surface area (Å²) in [6.45, 7) is 1.52. The quantitative estimate of drug-likeness (QED) is 0.798. The van der Waals surface area contributed by atoms with Crippen molar-refractivity contribution in [1.82, 2.24) is 4.31 Å². The van der Waals surface area contributed by atoms with E-state index < -0.39 is 15.9 Å².